The third-order valence-corrected chi connectivity index (χ3v) is 5.49. The first-order chi connectivity index (χ1) is 12.6. The molecule has 0 radical (unpaired) electrons. The minimum Gasteiger partial charge on any atom is -0.507 e. The van der Waals surface area contributed by atoms with Gasteiger partial charge in [0.1, 0.15) is 5.75 Å². The smallest absolute Gasteiger partial charge is 0.224 e. The summed E-state index contributed by atoms with van der Waals surface area (Å²) in [5.41, 5.74) is 9.78. The third kappa shape index (κ3) is 4.02. The number of aryl methyl sites for hydroxylation is 2. The molecule has 1 aliphatic rings. The van der Waals surface area contributed by atoms with E-state index in [1.807, 2.05) is 0 Å². The van der Waals surface area contributed by atoms with Crippen LogP contribution in [0.2, 0.25) is 0 Å². The van der Waals surface area contributed by atoms with Crippen molar-refractivity contribution in [2.45, 2.75) is 59.8 Å². The second-order valence-electron chi connectivity index (χ2n) is 7.36. The number of carbonyl (C=O) groups is 3. The van der Waals surface area contributed by atoms with Crippen molar-refractivity contribution >= 4 is 17.5 Å². The lowest BCUT2D eigenvalue weighted by Gasteiger charge is -2.20. The summed E-state index contributed by atoms with van der Waals surface area (Å²) in [6.45, 7) is 8.60. The fourth-order valence-corrected chi connectivity index (χ4v) is 3.60. The standard InChI is InChI=1S/C22H27NO4/c1-11-9-16(10-12(2)19(11)24)18(22(23)27)8-6-7-17-15(5)20(25)13(3)14(4)21(17)26/h9-10,18,24H,6-8H2,1-5H3,(H2,23,27). The Balaban J connectivity index is 2.18. The molecule has 0 bridgehead atoms. The second-order valence-corrected chi connectivity index (χ2v) is 7.36. The number of phenolic OH excluding ortho intramolecular Hbond substituents is 1. The van der Waals surface area contributed by atoms with Crippen LogP contribution in [0.15, 0.2) is 34.4 Å². The van der Waals surface area contributed by atoms with Gasteiger partial charge in [0, 0.05) is 22.3 Å². The van der Waals surface area contributed by atoms with Gasteiger partial charge in [-0.1, -0.05) is 12.1 Å². The van der Waals surface area contributed by atoms with Crippen molar-refractivity contribution in [3.63, 3.8) is 0 Å². The zero-order valence-electron chi connectivity index (χ0n) is 16.6. The molecule has 3 N–H and O–H groups in total. The quantitative estimate of drug-likeness (QED) is 0.749. The number of hydrogen-bond acceptors (Lipinski definition) is 4. The number of Topliss-reactive ketones (excluding diaryl/α,β-unsaturated/α-hetero) is 2. The van der Waals surface area contributed by atoms with Crippen LogP contribution in [0.4, 0.5) is 0 Å². The van der Waals surface area contributed by atoms with Crippen LogP contribution in [0, 0.1) is 13.8 Å². The fraction of sp³-hybridized carbons (Fsp3) is 0.409. The Hall–Kier alpha value is -2.69. The monoisotopic (exact) mass is 369 g/mol. The Kier molecular flexibility index (Phi) is 6.04. The van der Waals surface area contributed by atoms with Gasteiger partial charge >= 0.3 is 0 Å². The predicted octanol–water partition coefficient (Wildman–Crippen LogP) is 3.55. The topological polar surface area (TPSA) is 97.5 Å². The average Bonchev–Trinajstić information content (AvgIpc) is 2.61. The number of aromatic hydroxyl groups is 1. The molecule has 1 unspecified atom stereocenters. The van der Waals surface area contributed by atoms with Crippen molar-refractivity contribution < 1.29 is 19.5 Å². The van der Waals surface area contributed by atoms with Gasteiger partial charge < -0.3 is 10.8 Å². The van der Waals surface area contributed by atoms with Gasteiger partial charge in [0.05, 0.1) is 5.92 Å². The number of hydrogen-bond donors (Lipinski definition) is 2. The molecule has 0 aliphatic heterocycles. The van der Waals surface area contributed by atoms with Crippen LogP contribution in [-0.2, 0) is 14.4 Å². The van der Waals surface area contributed by atoms with E-state index in [2.05, 4.69) is 0 Å². The van der Waals surface area contributed by atoms with Crippen molar-refractivity contribution in [1.82, 2.24) is 0 Å². The van der Waals surface area contributed by atoms with Crippen LogP contribution in [0.3, 0.4) is 0 Å². The zero-order valence-corrected chi connectivity index (χ0v) is 16.6. The number of allylic oxidation sites excluding steroid dienone is 4. The number of rotatable bonds is 6. The molecule has 1 amide bonds. The number of phenols is 1. The van der Waals surface area contributed by atoms with E-state index in [1.54, 1.807) is 46.8 Å². The maximum absolute atomic E-state index is 12.5. The maximum Gasteiger partial charge on any atom is 0.224 e. The van der Waals surface area contributed by atoms with Gasteiger partial charge in [-0.15, -0.1) is 0 Å². The molecule has 144 valence electrons. The van der Waals surface area contributed by atoms with E-state index in [1.165, 1.54) is 0 Å². The molecular weight excluding hydrogens is 342 g/mol. The lowest BCUT2D eigenvalue weighted by Crippen LogP contribution is -2.23. The maximum atomic E-state index is 12.5. The Labute approximate surface area is 160 Å². The van der Waals surface area contributed by atoms with Crippen LogP contribution >= 0.6 is 0 Å². The first kappa shape index (κ1) is 20.6. The van der Waals surface area contributed by atoms with Crippen LogP contribution in [0.25, 0.3) is 0 Å². The average molecular weight is 369 g/mol. The number of benzene rings is 1. The highest BCUT2D eigenvalue weighted by atomic mass is 16.3. The number of amides is 1. The van der Waals surface area contributed by atoms with Gasteiger partial charge in [-0.3, -0.25) is 14.4 Å². The largest absolute Gasteiger partial charge is 0.507 e. The minimum absolute atomic E-state index is 0.0849. The highest BCUT2D eigenvalue weighted by Gasteiger charge is 2.28. The summed E-state index contributed by atoms with van der Waals surface area (Å²) in [5, 5.41) is 9.93. The van der Waals surface area contributed by atoms with Crippen LogP contribution in [0.5, 0.6) is 5.75 Å². The summed E-state index contributed by atoms with van der Waals surface area (Å²) in [7, 11) is 0. The Morgan fingerprint density at radius 3 is 2.00 bits per heavy atom. The van der Waals surface area contributed by atoms with Gasteiger partial charge in [0.15, 0.2) is 11.6 Å². The molecule has 27 heavy (non-hydrogen) atoms. The molecule has 0 aromatic heterocycles. The van der Waals surface area contributed by atoms with E-state index < -0.39 is 11.8 Å². The van der Waals surface area contributed by atoms with Crippen LogP contribution in [-0.4, -0.2) is 22.6 Å². The summed E-state index contributed by atoms with van der Waals surface area (Å²) in [5.74, 6) is -0.901. The van der Waals surface area contributed by atoms with Crippen LogP contribution < -0.4 is 5.73 Å². The van der Waals surface area contributed by atoms with Crippen molar-refractivity contribution in [3.05, 3.63) is 51.1 Å². The van der Waals surface area contributed by atoms with E-state index in [9.17, 15) is 19.5 Å². The molecule has 0 saturated carbocycles. The molecule has 5 heteroatoms. The van der Waals surface area contributed by atoms with Crippen LogP contribution in [0.1, 0.15) is 62.6 Å². The fourth-order valence-electron chi connectivity index (χ4n) is 3.60. The van der Waals surface area contributed by atoms with Gasteiger partial charge in [0.25, 0.3) is 0 Å². The number of carbonyl (C=O) groups excluding carboxylic acids is 3. The molecule has 2 rings (SSSR count). The lowest BCUT2D eigenvalue weighted by atomic mass is 9.82. The van der Waals surface area contributed by atoms with Crippen molar-refractivity contribution in [2.75, 3.05) is 0 Å². The van der Waals surface area contributed by atoms with Gasteiger partial charge in [-0.2, -0.15) is 0 Å². The predicted molar refractivity (Wildman–Crippen MR) is 104 cm³/mol. The molecule has 0 spiro atoms. The van der Waals surface area contributed by atoms with E-state index in [-0.39, 0.29) is 17.3 Å². The van der Waals surface area contributed by atoms with Gasteiger partial charge in [-0.25, -0.2) is 0 Å². The third-order valence-electron chi connectivity index (χ3n) is 5.49. The Bertz CT molecular complexity index is 867. The van der Waals surface area contributed by atoms with E-state index >= 15 is 0 Å². The molecule has 0 saturated heterocycles. The van der Waals surface area contributed by atoms with E-state index in [0.29, 0.717) is 52.7 Å². The van der Waals surface area contributed by atoms with Crippen molar-refractivity contribution in [1.29, 1.82) is 0 Å². The summed E-state index contributed by atoms with van der Waals surface area (Å²) in [6, 6.07) is 3.54. The van der Waals surface area contributed by atoms with Gasteiger partial charge in [-0.05, 0) is 70.6 Å². The molecule has 1 aliphatic carbocycles. The number of nitrogens with two attached hydrogens (primary N) is 1. The summed E-state index contributed by atoms with van der Waals surface area (Å²) < 4.78 is 0. The van der Waals surface area contributed by atoms with Crippen molar-refractivity contribution in [3.8, 4) is 5.75 Å². The normalized spacial score (nSPS) is 16.2. The van der Waals surface area contributed by atoms with Crippen molar-refractivity contribution in [2.24, 2.45) is 5.73 Å². The van der Waals surface area contributed by atoms with Gasteiger partial charge in [0.2, 0.25) is 5.91 Å². The lowest BCUT2D eigenvalue weighted by molar-refractivity contribution is -0.119. The number of ketones is 2. The summed E-state index contributed by atoms with van der Waals surface area (Å²) in [6.07, 6.45) is 1.46. The highest BCUT2D eigenvalue weighted by Crippen LogP contribution is 2.32. The highest BCUT2D eigenvalue weighted by molar-refractivity contribution is 6.24. The first-order valence-corrected chi connectivity index (χ1v) is 9.12. The Morgan fingerprint density at radius 2 is 1.48 bits per heavy atom. The van der Waals surface area contributed by atoms with E-state index in [4.69, 9.17) is 5.73 Å². The zero-order chi connectivity index (χ0) is 20.5. The summed E-state index contributed by atoms with van der Waals surface area (Å²) >= 11 is 0. The second kappa shape index (κ2) is 7.91. The number of primary amides is 1. The summed E-state index contributed by atoms with van der Waals surface area (Å²) in [4.78, 5) is 36.8. The molecule has 5 nitrogen and oxygen atoms in total. The minimum atomic E-state index is -0.503. The molecule has 1 aromatic carbocycles. The Morgan fingerprint density at radius 1 is 0.963 bits per heavy atom. The first-order valence-electron chi connectivity index (χ1n) is 9.12. The molecule has 1 aromatic rings. The van der Waals surface area contributed by atoms with E-state index in [0.717, 1.165) is 5.56 Å². The molecule has 0 fully saturated rings. The molecule has 0 heterocycles. The molecular formula is C22H27NO4. The SMILES string of the molecule is CC1=C(C)C(=O)C(CCCC(C(N)=O)c2cc(C)c(O)c(C)c2)=C(C)C1=O. The molecule has 1 atom stereocenters.